The van der Waals surface area contributed by atoms with E-state index in [0.29, 0.717) is 0 Å². The molecule has 0 spiro atoms. The van der Waals surface area contributed by atoms with E-state index in [9.17, 15) is 0 Å². The molecule has 0 aliphatic heterocycles. The molecule has 0 fully saturated rings. The Labute approximate surface area is 160 Å². The highest BCUT2D eigenvalue weighted by Gasteiger charge is 2.10. The van der Waals surface area contributed by atoms with Gasteiger partial charge < -0.3 is 0 Å². The van der Waals surface area contributed by atoms with Crippen LogP contribution >= 0.6 is 11.3 Å². The molecule has 2 heterocycles. The summed E-state index contributed by atoms with van der Waals surface area (Å²) >= 11 is 1.88. The van der Waals surface area contributed by atoms with Crippen molar-refractivity contribution < 1.29 is 0 Å². The van der Waals surface area contributed by atoms with Crippen molar-refractivity contribution in [3.63, 3.8) is 0 Å². The van der Waals surface area contributed by atoms with E-state index < -0.39 is 0 Å². The molecule has 0 aliphatic carbocycles. The highest BCUT2D eigenvalue weighted by atomic mass is 32.1. The van der Waals surface area contributed by atoms with Crippen molar-refractivity contribution >= 4 is 53.1 Å². The molecule has 0 amide bonds. The summed E-state index contributed by atoms with van der Waals surface area (Å²) < 4.78 is 2.68. The summed E-state index contributed by atoms with van der Waals surface area (Å²) in [5.74, 6) is 0. The monoisotopic (exact) mass is 361 g/mol. The minimum absolute atomic E-state index is 1.02. The number of thiophene rings is 1. The van der Waals surface area contributed by atoms with E-state index in [4.69, 9.17) is 0 Å². The van der Waals surface area contributed by atoms with Crippen LogP contribution in [0.3, 0.4) is 0 Å². The average Bonchev–Trinajstić information content (AvgIpc) is 3.11. The lowest BCUT2D eigenvalue weighted by Gasteiger charge is -2.03. The van der Waals surface area contributed by atoms with Crippen molar-refractivity contribution in [2.75, 3.05) is 0 Å². The Morgan fingerprint density at radius 3 is 2.26 bits per heavy atom. The molecule has 126 valence electrons. The molecule has 1 nitrogen and oxygen atoms in total. The molecule has 0 saturated heterocycles. The highest BCUT2D eigenvalue weighted by molar-refractivity contribution is 7.26. The van der Waals surface area contributed by atoms with Crippen molar-refractivity contribution in [3.05, 3.63) is 91.1 Å². The summed E-state index contributed by atoms with van der Waals surface area (Å²) in [6.45, 7) is 0. The summed E-state index contributed by atoms with van der Waals surface area (Å²) in [6, 6.07) is 30.5. The van der Waals surface area contributed by atoms with E-state index >= 15 is 0 Å². The van der Waals surface area contributed by atoms with E-state index in [1.807, 2.05) is 29.7 Å². The fourth-order valence-electron chi connectivity index (χ4n) is 3.94. The number of fused-ring (bicyclic) bond motifs is 6. The zero-order valence-electron chi connectivity index (χ0n) is 14.5. The summed E-state index contributed by atoms with van der Waals surface area (Å²) in [5.41, 5.74) is 2.19. The first-order chi connectivity index (χ1) is 13.4. The second-order valence-corrected chi connectivity index (χ2v) is 7.94. The van der Waals surface area contributed by atoms with Gasteiger partial charge in [-0.3, -0.25) is 4.98 Å². The fraction of sp³-hybridized carbons (Fsp3) is 0. The third-order valence-corrected chi connectivity index (χ3v) is 6.48. The average molecular weight is 361 g/mol. The Bertz CT molecular complexity index is 1460. The van der Waals surface area contributed by atoms with Crippen LogP contribution in [0, 0.1) is 0 Å². The van der Waals surface area contributed by atoms with Crippen LogP contribution in [-0.2, 0) is 0 Å². The van der Waals surface area contributed by atoms with Crippen LogP contribution in [-0.4, -0.2) is 4.98 Å². The number of rotatable bonds is 1. The molecule has 0 atom stereocenters. The van der Waals surface area contributed by atoms with Crippen LogP contribution in [0.25, 0.3) is 53.0 Å². The first kappa shape index (κ1) is 14.9. The van der Waals surface area contributed by atoms with Gasteiger partial charge in [-0.2, -0.15) is 0 Å². The number of aromatic nitrogens is 1. The van der Waals surface area contributed by atoms with E-state index in [1.54, 1.807) is 0 Å². The van der Waals surface area contributed by atoms with Crippen LogP contribution in [0.15, 0.2) is 91.1 Å². The first-order valence-electron chi connectivity index (χ1n) is 9.06. The van der Waals surface area contributed by atoms with E-state index in [1.165, 1.54) is 47.3 Å². The third kappa shape index (κ3) is 2.27. The van der Waals surface area contributed by atoms with Gasteiger partial charge in [-0.15, -0.1) is 11.3 Å². The summed E-state index contributed by atoms with van der Waals surface area (Å²) in [6.07, 6.45) is 1.85. The molecule has 0 N–H and O–H groups in total. The van der Waals surface area contributed by atoms with Crippen LogP contribution in [0.5, 0.6) is 0 Å². The molecular formula is C25H15NS. The van der Waals surface area contributed by atoms with Gasteiger partial charge in [0.2, 0.25) is 0 Å². The predicted molar refractivity (Wildman–Crippen MR) is 118 cm³/mol. The van der Waals surface area contributed by atoms with Crippen molar-refractivity contribution in [1.29, 1.82) is 0 Å². The smallest absolute Gasteiger partial charge is 0.0702 e. The summed E-state index contributed by atoms with van der Waals surface area (Å²) in [5, 5.41) is 7.90. The van der Waals surface area contributed by atoms with E-state index in [-0.39, 0.29) is 0 Å². The lowest BCUT2D eigenvalue weighted by molar-refractivity contribution is 1.33. The Morgan fingerprint density at radius 1 is 0.593 bits per heavy atom. The van der Waals surface area contributed by atoms with E-state index in [0.717, 1.165) is 5.69 Å². The van der Waals surface area contributed by atoms with Gasteiger partial charge in [-0.1, -0.05) is 54.6 Å². The summed E-state index contributed by atoms with van der Waals surface area (Å²) in [4.78, 5) is 4.50. The first-order valence-corrected chi connectivity index (χ1v) is 9.88. The van der Waals surface area contributed by atoms with Crippen molar-refractivity contribution in [3.8, 4) is 11.3 Å². The largest absolute Gasteiger partial charge is 0.256 e. The molecule has 0 unspecified atom stereocenters. The Balaban J connectivity index is 1.67. The molecule has 6 rings (SSSR count). The minimum Gasteiger partial charge on any atom is -0.256 e. The van der Waals surface area contributed by atoms with Crippen molar-refractivity contribution in [2.24, 2.45) is 0 Å². The van der Waals surface area contributed by atoms with E-state index in [2.05, 4.69) is 77.8 Å². The Morgan fingerprint density at radius 2 is 1.41 bits per heavy atom. The van der Waals surface area contributed by atoms with Crippen molar-refractivity contribution in [2.45, 2.75) is 0 Å². The number of hydrogen-bond acceptors (Lipinski definition) is 2. The number of nitrogens with zero attached hydrogens (tertiary/aromatic N) is 1. The fourth-order valence-corrected chi connectivity index (χ4v) is 5.21. The molecule has 0 aliphatic rings. The molecule has 6 aromatic rings. The summed E-state index contributed by atoms with van der Waals surface area (Å²) in [7, 11) is 0. The standard InChI is InChI=1S/C25H15NS/c1-2-6-17-14-22-18(13-16(17)5-1)8-11-21-20-10-9-19(15-24(20)27-25(21)22)23-7-3-4-12-26-23/h1-15H. The maximum Gasteiger partial charge on any atom is 0.0702 e. The highest BCUT2D eigenvalue weighted by Crippen LogP contribution is 2.40. The SMILES string of the molecule is c1ccc(-c2ccc3c(c2)sc2c4cc5ccccc5cc4ccc32)nc1. The molecule has 0 bridgehead atoms. The Hall–Kier alpha value is -3.23. The lowest BCUT2D eigenvalue weighted by atomic mass is 10.0. The van der Waals surface area contributed by atoms with Gasteiger partial charge in [-0.25, -0.2) is 0 Å². The second kappa shape index (κ2) is 5.63. The van der Waals surface area contributed by atoms with Crippen molar-refractivity contribution in [1.82, 2.24) is 4.98 Å². The lowest BCUT2D eigenvalue weighted by Crippen LogP contribution is -1.80. The maximum atomic E-state index is 4.50. The number of pyridine rings is 1. The topological polar surface area (TPSA) is 12.9 Å². The normalized spacial score (nSPS) is 11.7. The van der Waals surface area contributed by atoms with Crippen LogP contribution in [0.2, 0.25) is 0 Å². The zero-order valence-corrected chi connectivity index (χ0v) is 15.3. The quantitative estimate of drug-likeness (QED) is 0.278. The van der Waals surface area contributed by atoms with Gasteiger partial charge in [0.1, 0.15) is 0 Å². The third-order valence-electron chi connectivity index (χ3n) is 5.28. The molecule has 0 radical (unpaired) electrons. The zero-order chi connectivity index (χ0) is 17.8. The molecule has 2 heteroatoms. The molecular weight excluding hydrogens is 346 g/mol. The van der Waals surface area contributed by atoms with Gasteiger partial charge in [0, 0.05) is 37.3 Å². The molecule has 4 aromatic carbocycles. The van der Waals surface area contributed by atoms with Gasteiger partial charge >= 0.3 is 0 Å². The molecule has 0 saturated carbocycles. The van der Waals surface area contributed by atoms with Crippen LogP contribution in [0.1, 0.15) is 0 Å². The molecule has 2 aromatic heterocycles. The maximum absolute atomic E-state index is 4.50. The van der Waals surface area contributed by atoms with Gasteiger partial charge in [0.05, 0.1) is 5.69 Å². The minimum atomic E-state index is 1.02. The van der Waals surface area contributed by atoms with Gasteiger partial charge in [0.25, 0.3) is 0 Å². The van der Waals surface area contributed by atoms with Crippen LogP contribution in [0.4, 0.5) is 0 Å². The second-order valence-electron chi connectivity index (χ2n) is 6.89. The Kier molecular flexibility index (Phi) is 3.11. The van der Waals surface area contributed by atoms with Crippen LogP contribution < -0.4 is 0 Å². The number of benzene rings is 4. The van der Waals surface area contributed by atoms with Gasteiger partial charge in [0.15, 0.2) is 0 Å². The van der Waals surface area contributed by atoms with Gasteiger partial charge in [-0.05, 0) is 46.5 Å². The number of hydrogen-bond donors (Lipinski definition) is 0. The predicted octanol–water partition coefficient (Wildman–Crippen LogP) is 7.42. The molecule has 27 heavy (non-hydrogen) atoms.